The molecule has 39 heavy (non-hydrogen) atoms. The number of rotatable bonds is 4. The van der Waals surface area contributed by atoms with E-state index >= 15 is 0 Å². The molecule has 0 radical (unpaired) electrons. The second-order valence-corrected chi connectivity index (χ2v) is 11.2. The van der Waals surface area contributed by atoms with Gasteiger partial charge in [0.1, 0.15) is 6.04 Å². The summed E-state index contributed by atoms with van der Waals surface area (Å²) in [6, 6.07) is 4.43. The maximum Gasteiger partial charge on any atom is 0.417 e. The molecule has 1 unspecified atom stereocenters. The second kappa shape index (κ2) is 9.92. The van der Waals surface area contributed by atoms with Crippen molar-refractivity contribution in [2.24, 2.45) is 0 Å². The molecular formula is C26H29ClF3N5O4. The number of likely N-dealkylation sites (tertiary alicyclic amines) is 1. The van der Waals surface area contributed by atoms with Gasteiger partial charge in [-0.3, -0.25) is 19.5 Å². The molecule has 0 aliphatic carbocycles. The Hall–Kier alpha value is -2.93. The molecule has 13 heteroatoms. The van der Waals surface area contributed by atoms with Gasteiger partial charge in [0.25, 0.3) is 0 Å². The molecule has 1 atom stereocenters. The molecule has 5 rings (SSSR count). The van der Waals surface area contributed by atoms with Gasteiger partial charge in [0.05, 0.1) is 41.7 Å². The van der Waals surface area contributed by atoms with E-state index in [0.717, 1.165) is 16.3 Å². The molecule has 2 amide bonds. The number of benzene rings is 1. The van der Waals surface area contributed by atoms with Crippen molar-refractivity contribution in [3.63, 3.8) is 0 Å². The van der Waals surface area contributed by atoms with Crippen LogP contribution in [0.25, 0.3) is 21.8 Å². The van der Waals surface area contributed by atoms with Gasteiger partial charge in [0, 0.05) is 54.5 Å². The zero-order chi connectivity index (χ0) is 28.2. The smallest absolute Gasteiger partial charge is 0.380 e. The second-order valence-electron chi connectivity index (χ2n) is 10.8. The van der Waals surface area contributed by atoms with E-state index in [1.165, 1.54) is 4.90 Å². The lowest BCUT2D eigenvalue weighted by atomic mass is 9.90. The summed E-state index contributed by atoms with van der Waals surface area (Å²) in [6.07, 6.45) is -2.60. The van der Waals surface area contributed by atoms with E-state index in [1.807, 2.05) is 19.9 Å². The van der Waals surface area contributed by atoms with Crippen LogP contribution in [0.5, 0.6) is 0 Å². The van der Waals surface area contributed by atoms with Crippen LogP contribution in [0.2, 0.25) is 5.02 Å². The summed E-state index contributed by atoms with van der Waals surface area (Å²) in [6.45, 7) is 3.30. The molecule has 2 aliphatic heterocycles. The van der Waals surface area contributed by atoms with Crippen LogP contribution in [0.4, 0.5) is 18.9 Å². The average molecular weight is 568 g/mol. The number of alkyl halides is 3. The number of ether oxygens (including phenoxy) is 1. The quantitative estimate of drug-likeness (QED) is 0.443. The third-order valence-electron chi connectivity index (χ3n) is 7.50. The number of hydrogen-bond donors (Lipinski definition) is 3. The normalized spacial score (nSPS) is 21.8. The predicted octanol–water partition coefficient (Wildman–Crippen LogP) is 3.70. The van der Waals surface area contributed by atoms with E-state index in [9.17, 15) is 27.9 Å². The van der Waals surface area contributed by atoms with E-state index in [2.05, 4.69) is 15.3 Å². The average Bonchev–Trinajstić information content (AvgIpc) is 3.22. The number of carbonyl (C=O) groups is 2. The van der Waals surface area contributed by atoms with Gasteiger partial charge in [0.15, 0.2) is 5.60 Å². The van der Waals surface area contributed by atoms with Crippen LogP contribution >= 0.6 is 11.6 Å². The Kier molecular flexibility index (Phi) is 7.03. The van der Waals surface area contributed by atoms with E-state index in [0.29, 0.717) is 16.2 Å². The molecule has 2 aliphatic rings. The summed E-state index contributed by atoms with van der Waals surface area (Å²) in [5, 5.41) is 15.0. The number of carbonyl (C=O) groups excluding carboxylic acids is 2. The maximum absolute atomic E-state index is 13.5. The first-order chi connectivity index (χ1) is 18.3. The van der Waals surface area contributed by atoms with Crippen molar-refractivity contribution in [3.8, 4) is 0 Å². The van der Waals surface area contributed by atoms with Crippen molar-refractivity contribution in [2.45, 2.75) is 50.1 Å². The number of pyridine rings is 1. The number of amides is 2. The van der Waals surface area contributed by atoms with Crippen molar-refractivity contribution in [3.05, 3.63) is 35.6 Å². The zero-order valence-electron chi connectivity index (χ0n) is 21.4. The summed E-state index contributed by atoms with van der Waals surface area (Å²) >= 11 is 6.37. The van der Waals surface area contributed by atoms with Crippen LogP contribution in [0.15, 0.2) is 30.6 Å². The van der Waals surface area contributed by atoms with Gasteiger partial charge in [-0.25, -0.2) is 0 Å². The highest BCUT2D eigenvalue weighted by Crippen LogP contribution is 2.38. The van der Waals surface area contributed by atoms with Crippen LogP contribution in [0, 0.1) is 0 Å². The summed E-state index contributed by atoms with van der Waals surface area (Å²) in [5.74, 6) is -0.827. The van der Waals surface area contributed by atoms with Crippen molar-refractivity contribution < 1.29 is 32.6 Å². The largest absolute Gasteiger partial charge is 0.417 e. The number of nitrogens with one attached hydrogen (secondary N) is 2. The summed E-state index contributed by atoms with van der Waals surface area (Å²) in [5.41, 5.74) is -1.55. The standard InChI is InChI=1S/C26H29ClF3N5O4/c1-24(2)14-35(12-21(36)34-7-4-25(38,5-8-34)26(28,29)30)20(13-39-24)23(37)33-18-10-15(27)9-17-16-3-6-31-11-19(16)32-22(17)18/h3,6,9-11,20,32,38H,4-5,7-8,12-14H2,1-2H3,(H,33,37). The lowest BCUT2D eigenvalue weighted by Gasteiger charge is -2.44. The van der Waals surface area contributed by atoms with Crippen molar-refractivity contribution in [2.75, 3.05) is 38.1 Å². The molecule has 9 nitrogen and oxygen atoms in total. The first-order valence-corrected chi connectivity index (χ1v) is 12.9. The van der Waals surface area contributed by atoms with Crippen LogP contribution in [0.3, 0.4) is 0 Å². The van der Waals surface area contributed by atoms with Gasteiger partial charge in [-0.15, -0.1) is 0 Å². The molecule has 0 saturated carbocycles. The minimum atomic E-state index is -4.76. The number of anilines is 1. The molecule has 2 saturated heterocycles. The van der Waals surface area contributed by atoms with Crippen molar-refractivity contribution in [1.29, 1.82) is 0 Å². The summed E-state index contributed by atoms with van der Waals surface area (Å²) in [7, 11) is 0. The van der Waals surface area contributed by atoms with Crippen LogP contribution in [0.1, 0.15) is 26.7 Å². The number of nitrogens with zero attached hydrogens (tertiary/aromatic N) is 3. The minimum absolute atomic E-state index is 0.0142. The summed E-state index contributed by atoms with van der Waals surface area (Å²) in [4.78, 5) is 37.0. The van der Waals surface area contributed by atoms with Crippen LogP contribution < -0.4 is 5.32 Å². The molecular weight excluding hydrogens is 539 g/mol. The number of fused-ring (bicyclic) bond motifs is 3. The van der Waals surface area contributed by atoms with Gasteiger partial charge in [0.2, 0.25) is 11.8 Å². The SMILES string of the molecule is CC1(C)CN(CC(=O)N2CCC(O)(C(F)(F)F)CC2)C(C(=O)Nc2cc(Cl)cc3c2[nH]c2cnccc23)CO1. The number of aromatic nitrogens is 2. The number of hydrogen-bond acceptors (Lipinski definition) is 6. The fraction of sp³-hybridized carbons (Fsp3) is 0.500. The Bertz CT molecular complexity index is 1420. The highest BCUT2D eigenvalue weighted by Gasteiger charge is 2.55. The molecule has 3 N–H and O–H groups in total. The van der Waals surface area contributed by atoms with Gasteiger partial charge in [-0.1, -0.05) is 11.6 Å². The molecule has 2 fully saturated rings. The lowest BCUT2D eigenvalue weighted by Crippen LogP contribution is -2.61. The number of morpholine rings is 1. The predicted molar refractivity (Wildman–Crippen MR) is 139 cm³/mol. The van der Waals surface area contributed by atoms with Gasteiger partial charge in [-0.05, 0) is 32.0 Å². The van der Waals surface area contributed by atoms with E-state index in [4.69, 9.17) is 16.3 Å². The highest BCUT2D eigenvalue weighted by molar-refractivity contribution is 6.33. The van der Waals surface area contributed by atoms with Gasteiger partial charge >= 0.3 is 6.18 Å². The number of H-pyrrole nitrogens is 1. The molecule has 4 heterocycles. The molecule has 0 spiro atoms. The number of aromatic amines is 1. The highest BCUT2D eigenvalue weighted by atomic mass is 35.5. The monoisotopic (exact) mass is 567 g/mol. The third-order valence-corrected chi connectivity index (χ3v) is 7.72. The Morgan fingerprint density at radius 3 is 2.67 bits per heavy atom. The lowest BCUT2D eigenvalue weighted by molar-refractivity contribution is -0.272. The number of halogens is 4. The van der Waals surface area contributed by atoms with E-state index in [-0.39, 0.29) is 32.8 Å². The Labute approximate surface area is 227 Å². The minimum Gasteiger partial charge on any atom is -0.380 e. The molecule has 1 aromatic carbocycles. The summed E-state index contributed by atoms with van der Waals surface area (Å²) < 4.78 is 45.4. The molecule has 210 valence electrons. The Balaban J connectivity index is 1.34. The third kappa shape index (κ3) is 5.43. The van der Waals surface area contributed by atoms with Crippen LogP contribution in [-0.2, 0) is 14.3 Å². The number of piperidine rings is 1. The van der Waals surface area contributed by atoms with Crippen molar-refractivity contribution in [1.82, 2.24) is 19.8 Å². The van der Waals surface area contributed by atoms with Gasteiger partial charge in [-0.2, -0.15) is 13.2 Å². The molecule has 0 bridgehead atoms. The number of aliphatic hydroxyl groups is 1. The fourth-order valence-electron chi connectivity index (χ4n) is 5.28. The fourth-order valence-corrected chi connectivity index (χ4v) is 5.50. The van der Waals surface area contributed by atoms with E-state index < -0.39 is 48.1 Å². The topological polar surface area (TPSA) is 111 Å². The Morgan fingerprint density at radius 1 is 1.26 bits per heavy atom. The molecule has 2 aromatic heterocycles. The van der Waals surface area contributed by atoms with E-state index in [1.54, 1.807) is 29.4 Å². The maximum atomic E-state index is 13.5. The van der Waals surface area contributed by atoms with Crippen molar-refractivity contribution >= 4 is 50.9 Å². The first-order valence-electron chi connectivity index (χ1n) is 12.6. The zero-order valence-corrected chi connectivity index (χ0v) is 22.2. The first kappa shape index (κ1) is 27.6. The van der Waals surface area contributed by atoms with Gasteiger partial charge < -0.3 is 25.0 Å². The molecule has 3 aromatic rings. The Morgan fingerprint density at radius 2 is 1.97 bits per heavy atom. The van der Waals surface area contributed by atoms with Crippen LogP contribution in [-0.4, -0.2) is 92.9 Å².